The van der Waals surface area contributed by atoms with Crippen LogP contribution in [0.5, 0.6) is 0 Å². The summed E-state index contributed by atoms with van der Waals surface area (Å²) in [5.41, 5.74) is -0.739. The summed E-state index contributed by atoms with van der Waals surface area (Å²) in [6.45, 7) is 0.515. The van der Waals surface area contributed by atoms with Crippen molar-refractivity contribution in [1.29, 1.82) is 0 Å². The molecule has 1 unspecified atom stereocenters. The van der Waals surface area contributed by atoms with Gasteiger partial charge >= 0.3 is 12.2 Å². The van der Waals surface area contributed by atoms with Gasteiger partial charge in [-0.25, -0.2) is 4.79 Å². The number of aryl methyl sites for hydroxylation is 1. The monoisotopic (exact) mass is 373 g/mol. The average molecular weight is 374 g/mol. The maximum absolute atomic E-state index is 12.7. The number of hydrogen-bond acceptors (Lipinski definition) is 3. The van der Waals surface area contributed by atoms with Crippen LogP contribution in [-0.2, 0) is 13.2 Å². The van der Waals surface area contributed by atoms with Crippen LogP contribution in [0, 0.1) is 0 Å². The van der Waals surface area contributed by atoms with E-state index >= 15 is 0 Å². The molecule has 10 heteroatoms. The minimum Gasteiger partial charge on any atom is -0.319 e. The van der Waals surface area contributed by atoms with Gasteiger partial charge in [0.15, 0.2) is 5.82 Å². The fourth-order valence-corrected chi connectivity index (χ4v) is 3.08. The quantitative estimate of drug-likeness (QED) is 0.869. The Kier molecular flexibility index (Phi) is 4.59. The first-order valence-electron chi connectivity index (χ1n) is 7.55. The second-order valence-corrected chi connectivity index (χ2v) is 6.18. The highest BCUT2D eigenvalue weighted by molar-refractivity contribution is 6.33. The van der Waals surface area contributed by atoms with Crippen LogP contribution in [-0.4, -0.2) is 32.2 Å². The van der Waals surface area contributed by atoms with E-state index in [9.17, 15) is 18.0 Å². The molecule has 1 aliphatic rings. The van der Waals surface area contributed by atoms with E-state index in [1.165, 1.54) is 0 Å². The molecule has 1 aromatic heterocycles. The molecule has 2 aromatic rings. The summed E-state index contributed by atoms with van der Waals surface area (Å²) in [6.07, 6.45) is -1.40. The standard InChI is InChI=1S/C15H15ClF3N5O/c1-23-8-20-22-13(23)12-3-2-6-24(12)14(25)21-11-5-4-9(7-10(11)16)15(17,18)19/h4-5,7-8,12H,2-3,6H2,1H3,(H,21,25). The predicted octanol–water partition coefficient (Wildman–Crippen LogP) is 3.86. The third kappa shape index (κ3) is 3.55. The molecular weight excluding hydrogens is 359 g/mol. The van der Waals surface area contributed by atoms with Crippen molar-refractivity contribution in [2.75, 3.05) is 11.9 Å². The number of amides is 2. The molecule has 0 aliphatic carbocycles. The molecule has 25 heavy (non-hydrogen) atoms. The van der Waals surface area contributed by atoms with E-state index in [0.717, 1.165) is 31.0 Å². The van der Waals surface area contributed by atoms with E-state index in [4.69, 9.17) is 11.6 Å². The number of rotatable bonds is 2. The van der Waals surface area contributed by atoms with Crippen molar-refractivity contribution in [3.8, 4) is 0 Å². The molecule has 134 valence electrons. The molecular formula is C15H15ClF3N5O. The minimum atomic E-state index is -4.49. The number of halogens is 4. The molecule has 1 aliphatic heterocycles. The van der Waals surface area contributed by atoms with Crippen molar-refractivity contribution in [3.05, 3.63) is 40.9 Å². The van der Waals surface area contributed by atoms with Gasteiger partial charge in [-0.1, -0.05) is 11.6 Å². The zero-order chi connectivity index (χ0) is 18.2. The lowest BCUT2D eigenvalue weighted by Crippen LogP contribution is -2.35. The van der Waals surface area contributed by atoms with Crippen molar-refractivity contribution >= 4 is 23.3 Å². The summed E-state index contributed by atoms with van der Waals surface area (Å²) in [4.78, 5) is 14.1. The number of nitrogens with one attached hydrogen (secondary N) is 1. The fraction of sp³-hybridized carbons (Fsp3) is 0.400. The number of carbonyl (C=O) groups excluding carboxylic acids is 1. The van der Waals surface area contributed by atoms with Crippen molar-refractivity contribution in [3.63, 3.8) is 0 Å². The molecule has 1 atom stereocenters. The van der Waals surface area contributed by atoms with E-state index in [0.29, 0.717) is 12.4 Å². The van der Waals surface area contributed by atoms with Gasteiger partial charge in [-0.3, -0.25) is 0 Å². The van der Waals surface area contributed by atoms with E-state index in [-0.39, 0.29) is 16.8 Å². The van der Waals surface area contributed by atoms with Crippen LogP contribution >= 0.6 is 11.6 Å². The van der Waals surface area contributed by atoms with Crippen molar-refractivity contribution in [2.24, 2.45) is 7.05 Å². The third-order valence-electron chi connectivity index (χ3n) is 4.10. The number of nitrogens with zero attached hydrogens (tertiary/aromatic N) is 4. The zero-order valence-electron chi connectivity index (χ0n) is 13.2. The van der Waals surface area contributed by atoms with Crippen molar-refractivity contribution in [1.82, 2.24) is 19.7 Å². The lowest BCUT2D eigenvalue weighted by molar-refractivity contribution is -0.137. The van der Waals surface area contributed by atoms with Crippen LogP contribution in [0.1, 0.15) is 30.3 Å². The lowest BCUT2D eigenvalue weighted by atomic mass is 10.2. The molecule has 0 bridgehead atoms. The zero-order valence-corrected chi connectivity index (χ0v) is 14.0. The van der Waals surface area contributed by atoms with Gasteiger partial charge in [0.2, 0.25) is 0 Å². The van der Waals surface area contributed by atoms with Crippen molar-refractivity contribution in [2.45, 2.75) is 25.1 Å². The molecule has 2 heterocycles. The van der Waals surface area contributed by atoms with Gasteiger partial charge in [0, 0.05) is 13.6 Å². The topological polar surface area (TPSA) is 63.1 Å². The molecule has 2 amide bonds. The summed E-state index contributed by atoms with van der Waals surface area (Å²) < 4.78 is 39.8. The molecule has 0 saturated carbocycles. The molecule has 0 spiro atoms. The number of hydrogen-bond donors (Lipinski definition) is 1. The number of urea groups is 1. The van der Waals surface area contributed by atoms with Crippen LogP contribution in [0.3, 0.4) is 0 Å². The summed E-state index contributed by atoms with van der Waals surface area (Å²) in [6, 6.07) is 2.15. The third-order valence-corrected chi connectivity index (χ3v) is 4.41. The van der Waals surface area contributed by atoms with Crippen LogP contribution in [0.2, 0.25) is 5.02 Å². The Morgan fingerprint density at radius 1 is 1.40 bits per heavy atom. The number of alkyl halides is 3. The summed E-state index contributed by atoms with van der Waals surface area (Å²) in [5, 5.41) is 10.3. The molecule has 1 aromatic carbocycles. The molecule has 1 fully saturated rings. The van der Waals surface area contributed by atoms with Crippen LogP contribution < -0.4 is 5.32 Å². The Balaban J connectivity index is 1.77. The predicted molar refractivity (Wildman–Crippen MR) is 85.2 cm³/mol. The number of anilines is 1. The number of carbonyl (C=O) groups is 1. The molecule has 1 saturated heterocycles. The van der Waals surface area contributed by atoms with Gasteiger partial charge in [0.1, 0.15) is 6.33 Å². The normalized spacial score (nSPS) is 17.8. The van der Waals surface area contributed by atoms with Crippen LogP contribution in [0.25, 0.3) is 0 Å². The number of aromatic nitrogens is 3. The second kappa shape index (κ2) is 6.55. The van der Waals surface area contributed by atoms with Gasteiger partial charge in [0.25, 0.3) is 0 Å². The SMILES string of the molecule is Cn1cnnc1C1CCCN1C(=O)Nc1ccc(C(F)(F)F)cc1Cl. The van der Waals surface area contributed by atoms with Crippen molar-refractivity contribution < 1.29 is 18.0 Å². The van der Waals surface area contributed by atoms with Gasteiger partial charge < -0.3 is 14.8 Å². The molecule has 1 N–H and O–H groups in total. The summed E-state index contributed by atoms with van der Waals surface area (Å²) in [5.74, 6) is 0.658. The Labute approximate surface area is 146 Å². The largest absolute Gasteiger partial charge is 0.416 e. The van der Waals surface area contributed by atoms with Gasteiger partial charge in [-0.15, -0.1) is 10.2 Å². The Hall–Kier alpha value is -2.29. The van der Waals surface area contributed by atoms with E-state index in [1.807, 2.05) is 0 Å². The van der Waals surface area contributed by atoms with Gasteiger partial charge in [0.05, 0.1) is 22.3 Å². The summed E-state index contributed by atoms with van der Waals surface area (Å²) in [7, 11) is 1.79. The highest BCUT2D eigenvalue weighted by atomic mass is 35.5. The van der Waals surface area contributed by atoms with Gasteiger partial charge in [-0.2, -0.15) is 13.2 Å². The first kappa shape index (κ1) is 17.5. The van der Waals surface area contributed by atoms with Crippen LogP contribution in [0.15, 0.2) is 24.5 Å². The molecule has 0 radical (unpaired) electrons. The first-order valence-corrected chi connectivity index (χ1v) is 7.93. The Bertz CT molecular complexity index is 792. The van der Waals surface area contributed by atoms with E-state index < -0.39 is 17.8 Å². The highest BCUT2D eigenvalue weighted by Gasteiger charge is 2.34. The first-order chi connectivity index (χ1) is 11.8. The minimum absolute atomic E-state index is 0.128. The van der Waals surface area contributed by atoms with E-state index in [2.05, 4.69) is 15.5 Å². The average Bonchev–Trinajstić information content (AvgIpc) is 3.16. The Morgan fingerprint density at radius 3 is 2.76 bits per heavy atom. The Morgan fingerprint density at radius 2 is 2.16 bits per heavy atom. The maximum Gasteiger partial charge on any atom is 0.416 e. The smallest absolute Gasteiger partial charge is 0.319 e. The van der Waals surface area contributed by atoms with Gasteiger partial charge in [-0.05, 0) is 31.0 Å². The maximum atomic E-state index is 12.7. The second-order valence-electron chi connectivity index (χ2n) is 5.77. The fourth-order valence-electron chi connectivity index (χ4n) is 2.85. The van der Waals surface area contributed by atoms with Crippen LogP contribution in [0.4, 0.5) is 23.7 Å². The lowest BCUT2D eigenvalue weighted by Gasteiger charge is -2.24. The number of benzene rings is 1. The number of likely N-dealkylation sites (tertiary alicyclic amines) is 1. The van der Waals surface area contributed by atoms with E-state index in [1.54, 1.807) is 22.8 Å². The molecule has 3 rings (SSSR count). The summed E-state index contributed by atoms with van der Waals surface area (Å²) >= 11 is 5.89. The molecule has 6 nitrogen and oxygen atoms in total. The highest BCUT2D eigenvalue weighted by Crippen LogP contribution is 2.35.